The maximum atomic E-state index is 13.5. The van der Waals surface area contributed by atoms with Gasteiger partial charge < -0.3 is 0 Å². The molecule has 0 aromatic heterocycles. The van der Waals surface area contributed by atoms with Gasteiger partial charge in [0.1, 0.15) is 11.5 Å². The van der Waals surface area contributed by atoms with Crippen LogP contribution < -0.4 is 4.90 Å². The number of hydrogen-bond donors (Lipinski definition) is 0. The molecule has 1 heterocycles. The van der Waals surface area contributed by atoms with Crippen LogP contribution in [0.2, 0.25) is 10.0 Å². The lowest BCUT2D eigenvalue weighted by molar-refractivity contribution is -0.113. The van der Waals surface area contributed by atoms with Gasteiger partial charge in [-0.1, -0.05) is 89.9 Å². The van der Waals surface area contributed by atoms with E-state index in [9.17, 15) is 9.59 Å². The van der Waals surface area contributed by atoms with Crippen LogP contribution in [0.3, 0.4) is 0 Å². The zero-order valence-electron chi connectivity index (χ0n) is 18.4. The third-order valence-electron chi connectivity index (χ3n) is 5.56. The molecule has 35 heavy (non-hydrogen) atoms. The van der Waals surface area contributed by atoms with Crippen molar-refractivity contribution in [1.29, 1.82) is 0 Å². The Morgan fingerprint density at radius 2 is 1.37 bits per heavy atom. The lowest BCUT2D eigenvalue weighted by Gasteiger charge is -2.19. The lowest BCUT2D eigenvalue weighted by atomic mass is 10.0. The van der Waals surface area contributed by atoms with Crippen LogP contribution in [0, 0.1) is 0 Å². The van der Waals surface area contributed by atoms with E-state index in [1.54, 1.807) is 65.6 Å². The van der Waals surface area contributed by atoms with E-state index in [4.69, 9.17) is 23.2 Å². The number of anilines is 1. The van der Waals surface area contributed by atoms with E-state index < -0.39 is 0 Å². The van der Waals surface area contributed by atoms with Crippen molar-refractivity contribution in [3.63, 3.8) is 0 Å². The minimum Gasteiger partial charge on any atom is -0.289 e. The summed E-state index contributed by atoms with van der Waals surface area (Å²) in [5.41, 5.74) is 3.53. The fraction of sp³-hybridized carbons (Fsp3) is 0. The van der Waals surface area contributed by atoms with Gasteiger partial charge in [0, 0.05) is 16.7 Å². The normalized spacial score (nSPS) is 14.3. The predicted molar refractivity (Wildman–Crippen MR) is 141 cm³/mol. The molecule has 0 fully saturated rings. The number of aliphatic imine (C=N–C) groups is 1. The Bertz CT molecular complexity index is 1480. The molecule has 1 aliphatic heterocycles. The van der Waals surface area contributed by atoms with Crippen molar-refractivity contribution in [2.75, 3.05) is 4.90 Å². The Kier molecular flexibility index (Phi) is 6.32. The van der Waals surface area contributed by atoms with Gasteiger partial charge in [0.2, 0.25) is 0 Å². The number of ketones is 1. The Morgan fingerprint density at radius 3 is 2.03 bits per heavy atom. The second-order valence-electron chi connectivity index (χ2n) is 7.89. The number of carbonyl (C=O) groups excluding carboxylic acids is 2. The highest BCUT2D eigenvalue weighted by atomic mass is 35.5. The van der Waals surface area contributed by atoms with E-state index in [-0.39, 0.29) is 17.4 Å². The van der Waals surface area contributed by atoms with Crippen LogP contribution in [0.1, 0.15) is 27.0 Å². The molecule has 4 aromatic carbocycles. The first-order valence-corrected chi connectivity index (χ1v) is 11.6. The molecule has 170 valence electrons. The second-order valence-corrected chi connectivity index (χ2v) is 8.70. The molecule has 0 unspecified atom stereocenters. The Morgan fingerprint density at radius 1 is 0.743 bits per heavy atom. The molecule has 0 saturated heterocycles. The summed E-state index contributed by atoms with van der Waals surface area (Å²) in [6, 6.07) is 30.7. The number of amidine groups is 1. The Hall–Kier alpha value is -3.99. The van der Waals surface area contributed by atoms with Gasteiger partial charge in [-0.3, -0.25) is 14.5 Å². The molecule has 0 radical (unpaired) electrons. The SMILES string of the molecule is O=C(c1ccccc1)c1ccc(N2C(=O)/C(=C/c3ccc(Cl)c(Cl)c3)N=C2c2ccccc2)cc1. The van der Waals surface area contributed by atoms with Gasteiger partial charge in [-0.25, -0.2) is 4.99 Å². The fourth-order valence-electron chi connectivity index (χ4n) is 3.82. The number of halogens is 2. The number of rotatable bonds is 5. The molecule has 5 rings (SSSR count). The van der Waals surface area contributed by atoms with Gasteiger partial charge in [0.15, 0.2) is 5.78 Å². The molecule has 6 heteroatoms. The third kappa shape index (κ3) is 4.67. The molecule has 0 aliphatic carbocycles. The van der Waals surface area contributed by atoms with Crippen LogP contribution in [0.25, 0.3) is 6.08 Å². The first-order valence-electron chi connectivity index (χ1n) is 10.9. The molecule has 0 bridgehead atoms. The molecule has 0 atom stereocenters. The largest absolute Gasteiger partial charge is 0.289 e. The van der Waals surface area contributed by atoms with Crippen molar-refractivity contribution in [1.82, 2.24) is 0 Å². The third-order valence-corrected chi connectivity index (χ3v) is 6.30. The molecule has 0 saturated carbocycles. The summed E-state index contributed by atoms with van der Waals surface area (Å²) in [6.45, 7) is 0. The van der Waals surface area contributed by atoms with Gasteiger partial charge in [0.05, 0.1) is 15.7 Å². The molecule has 4 nitrogen and oxygen atoms in total. The number of hydrogen-bond acceptors (Lipinski definition) is 3. The summed E-state index contributed by atoms with van der Waals surface area (Å²) < 4.78 is 0. The van der Waals surface area contributed by atoms with Crippen LogP contribution in [-0.2, 0) is 4.79 Å². The first kappa shape index (κ1) is 22.8. The van der Waals surface area contributed by atoms with Crippen LogP contribution >= 0.6 is 23.2 Å². The molecule has 4 aromatic rings. The highest BCUT2D eigenvalue weighted by molar-refractivity contribution is 6.42. The first-order chi connectivity index (χ1) is 17.0. The van der Waals surface area contributed by atoms with Gasteiger partial charge in [-0.15, -0.1) is 0 Å². The lowest BCUT2D eigenvalue weighted by Crippen LogP contribution is -2.32. The standard InChI is InChI=1S/C29H18Cl2N2O2/c30-24-16-11-19(17-25(24)31)18-26-29(35)33(28(32-26)22-9-5-2-6-10-22)23-14-12-21(13-15-23)27(34)20-7-3-1-4-8-20/h1-18H/b26-18-. The number of benzene rings is 4. The smallest absolute Gasteiger partial charge is 0.282 e. The zero-order chi connectivity index (χ0) is 24.4. The molecular formula is C29H18Cl2N2O2. The minimum absolute atomic E-state index is 0.0814. The van der Waals surface area contributed by atoms with Crippen LogP contribution in [0.5, 0.6) is 0 Å². The highest BCUT2D eigenvalue weighted by Crippen LogP contribution is 2.30. The second kappa shape index (κ2) is 9.71. The summed E-state index contributed by atoms with van der Waals surface area (Å²) in [5.74, 6) is 0.142. The average Bonchev–Trinajstić information content (AvgIpc) is 3.22. The van der Waals surface area contributed by atoms with Gasteiger partial charge in [-0.2, -0.15) is 0 Å². The van der Waals surface area contributed by atoms with Crippen molar-refractivity contribution in [3.8, 4) is 0 Å². The van der Waals surface area contributed by atoms with Crippen molar-refractivity contribution in [2.45, 2.75) is 0 Å². The van der Waals surface area contributed by atoms with Crippen molar-refractivity contribution < 1.29 is 9.59 Å². The zero-order valence-corrected chi connectivity index (χ0v) is 19.9. The van der Waals surface area contributed by atoms with Crippen LogP contribution in [0.15, 0.2) is 114 Å². The van der Waals surface area contributed by atoms with E-state index in [0.717, 1.165) is 5.56 Å². The van der Waals surface area contributed by atoms with E-state index in [0.29, 0.717) is 38.3 Å². The van der Waals surface area contributed by atoms with E-state index in [1.807, 2.05) is 48.5 Å². The van der Waals surface area contributed by atoms with Crippen molar-refractivity contribution in [3.05, 3.63) is 141 Å². The van der Waals surface area contributed by atoms with E-state index in [2.05, 4.69) is 4.99 Å². The monoisotopic (exact) mass is 496 g/mol. The van der Waals surface area contributed by atoms with Crippen LogP contribution in [0.4, 0.5) is 5.69 Å². The summed E-state index contributed by atoms with van der Waals surface area (Å²) in [5, 5.41) is 0.834. The van der Waals surface area contributed by atoms with Gasteiger partial charge in [-0.05, 0) is 48.0 Å². The quantitative estimate of drug-likeness (QED) is 0.219. The number of amides is 1. The summed E-state index contributed by atoms with van der Waals surface area (Å²) in [6.07, 6.45) is 1.68. The van der Waals surface area contributed by atoms with Crippen molar-refractivity contribution in [2.24, 2.45) is 4.99 Å². The van der Waals surface area contributed by atoms with E-state index in [1.165, 1.54) is 0 Å². The predicted octanol–water partition coefficient (Wildman–Crippen LogP) is 7.06. The molecule has 1 aliphatic rings. The van der Waals surface area contributed by atoms with Crippen molar-refractivity contribution >= 4 is 52.5 Å². The minimum atomic E-state index is -0.280. The van der Waals surface area contributed by atoms with E-state index >= 15 is 0 Å². The Labute approximate surface area is 212 Å². The fourth-order valence-corrected chi connectivity index (χ4v) is 4.12. The number of carbonyl (C=O) groups is 2. The maximum Gasteiger partial charge on any atom is 0.282 e. The number of nitrogens with zero attached hydrogens (tertiary/aromatic N) is 2. The average molecular weight is 497 g/mol. The Balaban J connectivity index is 1.52. The summed E-state index contributed by atoms with van der Waals surface area (Å²) in [7, 11) is 0. The summed E-state index contributed by atoms with van der Waals surface area (Å²) in [4.78, 5) is 32.5. The van der Waals surface area contributed by atoms with Gasteiger partial charge >= 0.3 is 0 Å². The maximum absolute atomic E-state index is 13.5. The highest BCUT2D eigenvalue weighted by Gasteiger charge is 2.32. The molecular weight excluding hydrogens is 479 g/mol. The molecule has 0 N–H and O–H groups in total. The topological polar surface area (TPSA) is 49.7 Å². The van der Waals surface area contributed by atoms with Gasteiger partial charge in [0.25, 0.3) is 5.91 Å². The van der Waals surface area contributed by atoms with Crippen LogP contribution in [-0.4, -0.2) is 17.5 Å². The molecule has 1 amide bonds. The molecule has 0 spiro atoms. The summed E-state index contributed by atoms with van der Waals surface area (Å²) >= 11 is 12.2.